The predicted octanol–water partition coefficient (Wildman–Crippen LogP) is -0.0267. The second-order valence-corrected chi connectivity index (χ2v) is 8.92. The van der Waals surface area contributed by atoms with Crippen LogP contribution in [0.5, 0.6) is 0 Å². The fraction of sp³-hybridized carbons (Fsp3) is 0.556. The number of amides is 2. The van der Waals surface area contributed by atoms with Gasteiger partial charge in [0.1, 0.15) is 0 Å². The van der Waals surface area contributed by atoms with Gasteiger partial charge in [-0.2, -0.15) is 4.31 Å². The van der Waals surface area contributed by atoms with Crippen LogP contribution in [0.3, 0.4) is 0 Å². The van der Waals surface area contributed by atoms with E-state index in [1.807, 2.05) is 6.92 Å². The number of rotatable bonds is 3. The van der Waals surface area contributed by atoms with Gasteiger partial charge in [-0.15, -0.1) is 0 Å². The van der Waals surface area contributed by atoms with Gasteiger partial charge in [-0.1, -0.05) is 0 Å². The Morgan fingerprint density at radius 1 is 1.04 bits per heavy atom. The highest BCUT2D eigenvalue weighted by molar-refractivity contribution is 7.89. The van der Waals surface area contributed by atoms with Gasteiger partial charge in [-0.3, -0.25) is 9.59 Å². The highest BCUT2D eigenvalue weighted by Crippen LogP contribution is 2.19. The van der Waals surface area contributed by atoms with Crippen molar-refractivity contribution in [1.29, 1.82) is 0 Å². The molecule has 0 aromatic heterocycles. The third kappa shape index (κ3) is 4.15. The maximum atomic E-state index is 12.8. The standard InChI is InChI=1S/C18H26N4O4S/c1-14-13-19-7-8-22(14)18(24)16-3-5-17(6-4-16)27(25,26)21-11-9-20(10-12-21)15(2)23/h3-6,14,19H,7-13H2,1-2H3/t14-/m1/s1. The molecule has 9 heteroatoms. The molecule has 2 fully saturated rings. The molecule has 1 aromatic rings. The van der Waals surface area contributed by atoms with E-state index in [0.717, 1.165) is 13.1 Å². The average molecular weight is 394 g/mol. The highest BCUT2D eigenvalue weighted by Gasteiger charge is 2.30. The number of benzene rings is 1. The van der Waals surface area contributed by atoms with Crippen molar-refractivity contribution in [1.82, 2.24) is 19.4 Å². The van der Waals surface area contributed by atoms with Crippen LogP contribution in [0, 0.1) is 0 Å². The zero-order valence-corrected chi connectivity index (χ0v) is 16.5. The molecule has 0 radical (unpaired) electrons. The van der Waals surface area contributed by atoms with Crippen molar-refractivity contribution in [3.63, 3.8) is 0 Å². The normalized spacial score (nSPS) is 21.9. The number of nitrogens with zero attached hydrogens (tertiary/aromatic N) is 3. The molecule has 0 spiro atoms. The average Bonchev–Trinajstić information content (AvgIpc) is 2.68. The quantitative estimate of drug-likeness (QED) is 0.778. The van der Waals surface area contributed by atoms with Crippen molar-refractivity contribution in [2.75, 3.05) is 45.8 Å². The third-order valence-corrected chi connectivity index (χ3v) is 7.10. The molecule has 0 saturated carbocycles. The molecule has 2 aliphatic heterocycles. The van der Waals surface area contributed by atoms with E-state index in [0.29, 0.717) is 25.2 Å². The molecule has 0 aliphatic carbocycles. The minimum Gasteiger partial charge on any atom is -0.340 e. The maximum absolute atomic E-state index is 12.8. The molecule has 2 saturated heterocycles. The Hall–Kier alpha value is -1.97. The molecule has 0 bridgehead atoms. The lowest BCUT2D eigenvalue weighted by atomic mass is 10.1. The lowest BCUT2D eigenvalue weighted by Gasteiger charge is -2.34. The molecular formula is C18H26N4O4S. The summed E-state index contributed by atoms with van der Waals surface area (Å²) in [4.78, 5) is 27.7. The van der Waals surface area contributed by atoms with E-state index in [2.05, 4.69) is 5.32 Å². The Kier molecular flexibility index (Phi) is 5.83. The number of sulfonamides is 1. The second kappa shape index (κ2) is 7.95. The van der Waals surface area contributed by atoms with Gasteiger partial charge in [-0.25, -0.2) is 8.42 Å². The summed E-state index contributed by atoms with van der Waals surface area (Å²) in [7, 11) is -3.63. The van der Waals surface area contributed by atoms with Crippen molar-refractivity contribution in [2.24, 2.45) is 0 Å². The first kappa shape index (κ1) is 19.8. The molecule has 1 N–H and O–H groups in total. The fourth-order valence-corrected chi connectivity index (χ4v) is 4.89. The van der Waals surface area contributed by atoms with E-state index < -0.39 is 10.0 Å². The summed E-state index contributed by atoms with van der Waals surface area (Å²) in [5.41, 5.74) is 0.490. The van der Waals surface area contributed by atoms with Crippen LogP contribution in [0.1, 0.15) is 24.2 Å². The lowest BCUT2D eigenvalue weighted by molar-refractivity contribution is -0.129. The van der Waals surface area contributed by atoms with Gasteiger partial charge >= 0.3 is 0 Å². The number of nitrogens with one attached hydrogen (secondary N) is 1. The van der Waals surface area contributed by atoms with E-state index in [4.69, 9.17) is 0 Å². The van der Waals surface area contributed by atoms with Gasteiger partial charge in [0.2, 0.25) is 15.9 Å². The van der Waals surface area contributed by atoms with E-state index >= 15 is 0 Å². The van der Waals surface area contributed by atoms with Crippen LogP contribution in [0.25, 0.3) is 0 Å². The Labute approximate surface area is 160 Å². The fourth-order valence-electron chi connectivity index (χ4n) is 3.47. The summed E-state index contributed by atoms with van der Waals surface area (Å²) in [6.07, 6.45) is 0. The summed E-state index contributed by atoms with van der Waals surface area (Å²) < 4.78 is 27.0. The van der Waals surface area contributed by atoms with Gasteiger partial charge in [0.25, 0.3) is 5.91 Å². The number of piperazine rings is 2. The van der Waals surface area contributed by atoms with Gasteiger partial charge in [0.15, 0.2) is 0 Å². The molecule has 1 atom stereocenters. The van der Waals surface area contributed by atoms with Crippen LogP contribution < -0.4 is 5.32 Å². The molecule has 27 heavy (non-hydrogen) atoms. The molecule has 3 rings (SSSR count). The largest absolute Gasteiger partial charge is 0.340 e. The SMILES string of the molecule is CC(=O)N1CCN(S(=O)(=O)c2ccc(C(=O)N3CCNC[C@H]3C)cc2)CC1. The number of carbonyl (C=O) groups excluding carboxylic acids is 2. The van der Waals surface area contributed by atoms with Crippen molar-refractivity contribution < 1.29 is 18.0 Å². The summed E-state index contributed by atoms with van der Waals surface area (Å²) in [5, 5.41) is 3.24. The van der Waals surface area contributed by atoms with Crippen molar-refractivity contribution >= 4 is 21.8 Å². The molecule has 2 heterocycles. The molecular weight excluding hydrogens is 368 g/mol. The van der Waals surface area contributed by atoms with Crippen molar-refractivity contribution in [2.45, 2.75) is 24.8 Å². The summed E-state index contributed by atoms with van der Waals surface area (Å²) >= 11 is 0. The summed E-state index contributed by atoms with van der Waals surface area (Å²) in [6, 6.07) is 6.25. The van der Waals surface area contributed by atoms with E-state index in [1.165, 1.54) is 23.4 Å². The van der Waals surface area contributed by atoms with Gasteiger partial charge < -0.3 is 15.1 Å². The number of carbonyl (C=O) groups is 2. The molecule has 1 aromatic carbocycles. The van der Waals surface area contributed by atoms with Crippen LogP contribution in [0.2, 0.25) is 0 Å². The molecule has 148 valence electrons. The van der Waals surface area contributed by atoms with Crippen molar-refractivity contribution in [3.8, 4) is 0 Å². The van der Waals surface area contributed by atoms with Crippen LogP contribution in [0.15, 0.2) is 29.2 Å². The minimum absolute atomic E-state index is 0.0444. The highest BCUT2D eigenvalue weighted by atomic mass is 32.2. The third-order valence-electron chi connectivity index (χ3n) is 5.19. The van der Waals surface area contributed by atoms with Crippen LogP contribution in [-0.4, -0.2) is 86.2 Å². The zero-order chi connectivity index (χ0) is 19.6. The monoisotopic (exact) mass is 394 g/mol. The van der Waals surface area contributed by atoms with E-state index in [1.54, 1.807) is 21.9 Å². The first-order valence-corrected chi connectivity index (χ1v) is 10.6. The number of hydrogen-bond acceptors (Lipinski definition) is 5. The molecule has 8 nitrogen and oxygen atoms in total. The van der Waals surface area contributed by atoms with Crippen LogP contribution >= 0.6 is 0 Å². The lowest BCUT2D eigenvalue weighted by Crippen LogP contribution is -2.52. The van der Waals surface area contributed by atoms with Crippen LogP contribution in [-0.2, 0) is 14.8 Å². The first-order chi connectivity index (χ1) is 12.8. The molecule has 0 unspecified atom stereocenters. The van der Waals surface area contributed by atoms with Gasteiger partial charge in [0.05, 0.1) is 4.90 Å². The predicted molar refractivity (Wildman–Crippen MR) is 101 cm³/mol. The van der Waals surface area contributed by atoms with Gasteiger partial charge in [-0.05, 0) is 31.2 Å². The number of hydrogen-bond donors (Lipinski definition) is 1. The van der Waals surface area contributed by atoms with Crippen molar-refractivity contribution in [3.05, 3.63) is 29.8 Å². The topological polar surface area (TPSA) is 90.0 Å². The van der Waals surface area contributed by atoms with E-state index in [9.17, 15) is 18.0 Å². The first-order valence-electron chi connectivity index (χ1n) is 9.18. The van der Waals surface area contributed by atoms with Crippen LogP contribution in [0.4, 0.5) is 0 Å². The maximum Gasteiger partial charge on any atom is 0.254 e. The smallest absolute Gasteiger partial charge is 0.254 e. The molecule has 2 aliphatic rings. The minimum atomic E-state index is -3.63. The second-order valence-electron chi connectivity index (χ2n) is 6.99. The Morgan fingerprint density at radius 2 is 1.67 bits per heavy atom. The Morgan fingerprint density at radius 3 is 2.22 bits per heavy atom. The molecule has 2 amide bonds. The van der Waals surface area contributed by atoms with Gasteiger partial charge in [0, 0.05) is 64.3 Å². The zero-order valence-electron chi connectivity index (χ0n) is 15.7. The Balaban J connectivity index is 1.71. The summed E-state index contributed by atoms with van der Waals surface area (Å²) in [6.45, 7) is 6.97. The summed E-state index contributed by atoms with van der Waals surface area (Å²) in [5.74, 6) is -0.125. The Bertz CT molecular complexity index is 801. The van der Waals surface area contributed by atoms with E-state index in [-0.39, 0.29) is 35.8 Å².